The predicted octanol–water partition coefficient (Wildman–Crippen LogP) is 7.61. The van der Waals surface area contributed by atoms with Gasteiger partial charge in [0.05, 0.1) is 6.26 Å². The Labute approximate surface area is 216 Å². The maximum atomic E-state index is 12.7. The molecule has 0 saturated heterocycles. The number of allylic oxidation sites excluding steroid dienone is 8. The maximum absolute atomic E-state index is 12.7. The molecule has 0 aliphatic heterocycles. The molecule has 36 heavy (non-hydrogen) atoms. The fraction of sp³-hybridized carbons (Fsp3) is 0.645. The van der Waals surface area contributed by atoms with Gasteiger partial charge in [0.25, 0.3) is 0 Å². The quantitative estimate of drug-likeness (QED) is 0.306. The molecular formula is C31H44N2O3. The van der Waals surface area contributed by atoms with Gasteiger partial charge >= 0.3 is 0 Å². The summed E-state index contributed by atoms with van der Waals surface area (Å²) in [6.07, 6.45) is 17.8. The van der Waals surface area contributed by atoms with E-state index in [0.717, 1.165) is 49.5 Å². The van der Waals surface area contributed by atoms with Crippen LogP contribution >= 0.6 is 0 Å². The number of nitrogens with two attached hydrogens (primary N) is 1. The standard InChI is InChI=1S/C27H36N2O2.C4H8O/c1-16-8-10-24(3)12-13-26(5)21-7-6-18-17(2)23(29-31)20(30)14-19(18)25(21,4)11-9-22(26)27(24,28)15-16;1-2-3-4-5/h6-7,14,16,22H,8-13,15,28H2,1-5H3;3-5H,2H2,1H3/b;4-3+. The van der Waals surface area contributed by atoms with E-state index >= 15 is 0 Å². The first-order valence-corrected chi connectivity index (χ1v) is 13.7. The molecule has 0 radical (unpaired) electrons. The molecule has 0 amide bonds. The number of carbonyl (C=O) groups excluding carboxylic acids is 1. The summed E-state index contributed by atoms with van der Waals surface area (Å²) in [4.78, 5) is 24.0. The predicted molar refractivity (Wildman–Crippen MR) is 146 cm³/mol. The highest BCUT2D eigenvalue weighted by molar-refractivity contribution is 6.08. The van der Waals surface area contributed by atoms with Gasteiger partial charge in [-0.25, -0.2) is 0 Å². The number of nitroso groups, excluding NO2 is 1. The Morgan fingerprint density at radius 3 is 2.47 bits per heavy atom. The number of fused-ring (bicyclic) bond motifs is 7. The SMILES string of the molecule is CC/C=C/O.CC1=C(N=O)C(=O)C=C2C1=CC=C1C2(C)CCC2C1(C)CCC1(C)CCC(C)CC21N. The van der Waals surface area contributed by atoms with Gasteiger partial charge in [0.15, 0.2) is 5.70 Å². The molecule has 6 atom stereocenters. The smallest absolute Gasteiger partial charge is 0.208 e. The fourth-order valence-corrected chi connectivity index (χ4v) is 8.52. The number of aliphatic hydroxyl groups is 1. The van der Waals surface area contributed by atoms with Crippen molar-refractivity contribution in [3.05, 3.63) is 63.5 Å². The molecule has 6 unspecified atom stereocenters. The molecule has 3 N–H and O–H groups in total. The van der Waals surface area contributed by atoms with E-state index in [1.54, 1.807) is 12.2 Å². The van der Waals surface area contributed by atoms with E-state index in [1.807, 2.05) is 13.8 Å². The van der Waals surface area contributed by atoms with Crippen LogP contribution in [0.25, 0.3) is 0 Å². The molecule has 0 aromatic heterocycles. The largest absolute Gasteiger partial charge is 0.516 e. The Hall–Kier alpha value is -2.27. The van der Waals surface area contributed by atoms with Crippen LogP contribution in [0.3, 0.4) is 0 Å². The van der Waals surface area contributed by atoms with Gasteiger partial charge < -0.3 is 10.8 Å². The highest BCUT2D eigenvalue weighted by Crippen LogP contribution is 2.70. The Morgan fingerprint density at radius 2 is 1.86 bits per heavy atom. The van der Waals surface area contributed by atoms with Crippen LogP contribution in [0, 0.1) is 33.0 Å². The van der Waals surface area contributed by atoms with E-state index in [0.29, 0.717) is 17.4 Å². The van der Waals surface area contributed by atoms with Crippen LogP contribution in [0.15, 0.2) is 63.7 Å². The van der Waals surface area contributed by atoms with E-state index in [-0.39, 0.29) is 33.3 Å². The topological polar surface area (TPSA) is 92.8 Å². The van der Waals surface area contributed by atoms with Gasteiger partial charge in [-0.05, 0) is 103 Å². The van der Waals surface area contributed by atoms with Crippen LogP contribution in [-0.2, 0) is 4.79 Å². The minimum absolute atomic E-state index is 0.0328. The zero-order valence-electron chi connectivity index (χ0n) is 23.0. The lowest BCUT2D eigenvalue weighted by Crippen LogP contribution is -2.70. The Morgan fingerprint density at radius 1 is 1.14 bits per heavy atom. The summed E-state index contributed by atoms with van der Waals surface area (Å²) >= 11 is 0. The van der Waals surface area contributed by atoms with Gasteiger partial charge in [-0.2, -0.15) is 0 Å². The number of aliphatic hydroxyl groups excluding tert-OH is 1. The summed E-state index contributed by atoms with van der Waals surface area (Å²) in [5, 5.41) is 10.9. The number of rotatable bonds is 2. The van der Waals surface area contributed by atoms with Gasteiger partial charge in [-0.15, -0.1) is 4.91 Å². The highest BCUT2D eigenvalue weighted by Gasteiger charge is 2.65. The van der Waals surface area contributed by atoms with Crippen molar-refractivity contribution in [1.82, 2.24) is 0 Å². The zero-order chi connectivity index (χ0) is 26.5. The lowest BCUT2D eigenvalue weighted by atomic mass is 9.38. The van der Waals surface area contributed by atoms with Crippen LogP contribution in [0.5, 0.6) is 0 Å². The van der Waals surface area contributed by atoms with Crippen molar-refractivity contribution in [2.45, 2.75) is 98.4 Å². The van der Waals surface area contributed by atoms with Crippen molar-refractivity contribution in [2.24, 2.45) is 39.0 Å². The van der Waals surface area contributed by atoms with Gasteiger partial charge in [-0.3, -0.25) is 4.79 Å². The molecular weight excluding hydrogens is 448 g/mol. The number of ketones is 1. The summed E-state index contributed by atoms with van der Waals surface area (Å²) in [5.74, 6) is 0.892. The second kappa shape index (κ2) is 9.24. The Bertz CT molecular complexity index is 1110. The average molecular weight is 493 g/mol. The molecule has 5 aliphatic rings. The molecule has 0 heterocycles. The second-order valence-electron chi connectivity index (χ2n) is 12.7. The molecule has 5 heteroatoms. The first-order valence-electron chi connectivity index (χ1n) is 13.7. The minimum Gasteiger partial charge on any atom is -0.516 e. The minimum atomic E-state index is -0.248. The average Bonchev–Trinajstić information content (AvgIpc) is 2.82. The van der Waals surface area contributed by atoms with E-state index in [9.17, 15) is 9.70 Å². The van der Waals surface area contributed by atoms with Gasteiger partial charge in [0, 0.05) is 11.0 Å². The van der Waals surface area contributed by atoms with Crippen molar-refractivity contribution in [1.29, 1.82) is 0 Å². The summed E-state index contributed by atoms with van der Waals surface area (Å²) in [5.41, 5.74) is 11.7. The molecule has 3 saturated carbocycles. The third kappa shape index (κ3) is 3.72. The van der Waals surface area contributed by atoms with Crippen molar-refractivity contribution in [2.75, 3.05) is 0 Å². The molecule has 0 bridgehead atoms. The van der Waals surface area contributed by atoms with E-state index in [2.05, 4.69) is 45.0 Å². The van der Waals surface area contributed by atoms with Crippen LogP contribution in [0.2, 0.25) is 0 Å². The van der Waals surface area contributed by atoms with Gasteiger partial charge in [0.1, 0.15) is 0 Å². The van der Waals surface area contributed by atoms with Crippen LogP contribution < -0.4 is 5.73 Å². The van der Waals surface area contributed by atoms with Crippen molar-refractivity contribution < 1.29 is 9.90 Å². The molecule has 5 rings (SSSR count). The zero-order valence-corrected chi connectivity index (χ0v) is 23.0. The normalized spacial score (nSPS) is 41.5. The van der Waals surface area contributed by atoms with Crippen molar-refractivity contribution in [3.63, 3.8) is 0 Å². The first-order chi connectivity index (χ1) is 16.9. The first kappa shape index (κ1) is 26.8. The molecule has 0 aromatic rings. The highest BCUT2D eigenvalue weighted by atomic mass is 16.3. The molecule has 0 aromatic carbocycles. The van der Waals surface area contributed by atoms with Crippen LogP contribution in [0.4, 0.5) is 0 Å². The second-order valence-corrected chi connectivity index (χ2v) is 12.7. The number of carbonyl (C=O) groups is 1. The van der Waals surface area contributed by atoms with E-state index in [4.69, 9.17) is 10.8 Å². The Balaban J connectivity index is 0.000000556. The van der Waals surface area contributed by atoms with E-state index < -0.39 is 0 Å². The monoisotopic (exact) mass is 492 g/mol. The molecule has 196 valence electrons. The summed E-state index contributed by atoms with van der Waals surface area (Å²) in [6, 6.07) is 0. The number of nitrogens with zero attached hydrogens (tertiary/aromatic N) is 1. The van der Waals surface area contributed by atoms with E-state index in [1.165, 1.54) is 24.8 Å². The Kier molecular flexibility index (Phi) is 6.87. The summed E-state index contributed by atoms with van der Waals surface area (Å²) in [7, 11) is 0. The molecule has 5 nitrogen and oxygen atoms in total. The molecule has 5 aliphatic carbocycles. The lowest BCUT2D eigenvalue weighted by molar-refractivity contribution is -0.112. The summed E-state index contributed by atoms with van der Waals surface area (Å²) < 4.78 is 0. The van der Waals surface area contributed by atoms with Gasteiger partial charge in [-0.1, -0.05) is 64.8 Å². The number of hydrogen-bond acceptors (Lipinski definition) is 5. The van der Waals surface area contributed by atoms with Crippen LogP contribution in [-0.4, -0.2) is 16.4 Å². The number of hydrogen-bond donors (Lipinski definition) is 2. The van der Waals surface area contributed by atoms with Crippen LogP contribution in [0.1, 0.15) is 92.9 Å². The molecule has 0 spiro atoms. The maximum Gasteiger partial charge on any atom is 0.208 e. The fourth-order valence-electron chi connectivity index (χ4n) is 8.52. The molecule has 3 fully saturated rings. The lowest BCUT2D eigenvalue weighted by Gasteiger charge is -2.68. The van der Waals surface area contributed by atoms with Gasteiger partial charge in [0.2, 0.25) is 5.78 Å². The third-order valence-corrected chi connectivity index (χ3v) is 10.7. The van der Waals surface area contributed by atoms with Crippen molar-refractivity contribution in [3.8, 4) is 0 Å². The summed E-state index contributed by atoms with van der Waals surface area (Å²) in [6.45, 7) is 13.4. The third-order valence-electron chi connectivity index (χ3n) is 10.7. The van der Waals surface area contributed by atoms with Crippen molar-refractivity contribution >= 4 is 5.78 Å².